The number of fused-ring (bicyclic) bond motifs is 1. The topological polar surface area (TPSA) is 26.5 Å². The molecule has 1 aromatic carbocycles. The number of halogens is 2. The summed E-state index contributed by atoms with van der Waals surface area (Å²) in [5.74, 6) is 0.150. The molecule has 20 heavy (non-hydrogen) atoms. The van der Waals surface area contributed by atoms with Crippen molar-refractivity contribution in [3.05, 3.63) is 41.0 Å². The Morgan fingerprint density at radius 3 is 2.50 bits per heavy atom. The standard InChI is InChI=1S/C14H12F2N2OS/c1-8-9(2)20-14-17-12(7-18(8)14)10-3-5-11(6-4-10)19-13(15)16/h3-7,13H,1-2H3. The van der Waals surface area contributed by atoms with Crippen LogP contribution in [0.3, 0.4) is 0 Å². The Hall–Kier alpha value is -1.95. The Kier molecular flexibility index (Phi) is 3.17. The third-order valence-corrected chi connectivity index (χ3v) is 4.24. The molecule has 0 bridgehead atoms. The molecule has 0 atom stereocenters. The highest BCUT2D eigenvalue weighted by molar-refractivity contribution is 7.17. The van der Waals surface area contributed by atoms with Crippen molar-refractivity contribution in [2.24, 2.45) is 0 Å². The van der Waals surface area contributed by atoms with Gasteiger partial charge in [0, 0.05) is 22.3 Å². The zero-order valence-electron chi connectivity index (χ0n) is 10.9. The summed E-state index contributed by atoms with van der Waals surface area (Å²) in [6.07, 6.45) is 1.96. The van der Waals surface area contributed by atoms with Gasteiger partial charge in [0.05, 0.1) is 5.69 Å². The zero-order chi connectivity index (χ0) is 14.3. The van der Waals surface area contributed by atoms with Crippen LogP contribution in [0.5, 0.6) is 5.75 Å². The third kappa shape index (κ3) is 2.27. The minimum Gasteiger partial charge on any atom is -0.435 e. The molecular weight excluding hydrogens is 282 g/mol. The smallest absolute Gasteiger partial charge is 0.387 e. The van der Waals surface area contributed by atoms with Crippen molar-refractivity contribution in [3.63, 3.8) is 0 Å². The zero-order valence-corrected chi connectivity index (χ0v) is 11.7. The number of imidazole rings is 1. The van der Waals surface area contributed by atoms with E-state index in [1.807, 2.05) is 17.5 Å². The van der Waals surface area contributed by atoms with Gasteiger partial charge >= 0.3 is 6.61 Å². The quantitative estimate of drug-likeness (QED) is 0.720. The first-order chi connectivity index (χ1) is 9.54. The predicted molar refractivity (Wildman–Crippen MR) is 74.6 cm³/mol. The van der Waals surface area contributed by atoms with Gasteiger partial charge in [-0.05, 0) is 38.1 Å². The van der Waals surface area contributed by atoms with Crippen LogP contribution in [0.2, 0.25) is 0 Å². The highest BCUT2D eigenvalue weighted by Gasteiger charge is 2.10. The van der Waals surface area contributed by atoms with Crippen LogP contribution in [0.4, 0.5) is 8.78 Å². The van der Waals surface area contributed by atoms with Crippen LogP contribution in [-0.4, -0.2) is 16.0 Å². The van der Waals surface area contributed by atoms with E-state index in [4.69, 9.17) is 0 Å². The molecule has 0 unspecified atom stereocenters. The lowest BCUT2D eigenvalue weighted by molar-refractivity contribution is -0.0498. The van der Waals surface area contributed by atoms with E-state index in [1.54, 1.807) is 23.5 Å². The monoisotopic (exact) mass is 294 g/mol. The molecule has 0 saturated carbocycles. The van der Waals surface area contributed by atoms with Crippen LogP contribution in [0, 0.1) is 13.8 Å². The number of hydrogen-bond acceptors (Lipinski definition) is 3. The summed E-state index contributed by atoms with van der Waals surface area (Å²) in [4.78, 5) is 6.72. The molecule has 0 saturated heterocycles. The molecule has 6 heteroatoms. The van der Waals surface area contributed by atoms with E-state index in [0.29, 0.717) is 0 Å². The van der Waals surface area contributed by atoms with Crippen molar-refractivity contribution < 1.29 is 13.5 Å². The summed E-state index contributed by atoms with van der Waals surface area (Å²) >= 11 is 1.63. The number of nitrogens with zero attached hydrogens (tertiary/aromatic N) is 2. The molecule has 0 aliphatic carbocycles. The van der Waals surface area contributed by atoms with E-state index in [2.05, 4.69) is 16.6 Å². The van der Waals surface area contributed by atoms with E-state index in [1.165, 1.54) is 22.7 Å². The summed E-state index contributed by atoms with van der Waals surface area (Å²) in [5.41, 5.74) is 2.86. The van der Waals surface area contributed by atoms with Crippen molar-refractivity contribution in [2.75, 3.05) is 0 Å². The molecule has 104 valence electrons. The number of benzene rings is 1. The summed E-state index contributed by atoms with van der Waals surface area (Å²) in [6.45, 7) is 1.30. The van der Waals surface area contributed by atoms with Gasteiger partial charge in [0.15, 0.2) is 4.96 Å². The van der Waals surface area contributed by atoms with Crippen LogP contribution in [0.1, 0.15) is 10.6 Å². The largest absolute Gasteiger partial charge is 0.435 e. The minimum atomic E-state index is -2.80. The van der Waals surface area contributed by atoms with Gasteiger partial charge in [-0.3, -0.25) is 4.40 Å². The lowest BCUT2D eigenvalue weighted by Crippen LogP contribution is -2.01. The van der Waals surface area contributed by atoms with Gasteiger partial charge in [-0.15, -0.1) is 11.3 Å². The minimum absolute atomic E-state index is 0.150. The second kappa shape index (κ2) is 4.86. The van der Waals surface area contributed by atoms with E-state index >= 15 is 0 Å². The number of thiazole rings is 1. The number of alkyl halides is 2. The first-order valence-electron chi connectivity index (χ1n) is 6.05. The number of aryl methyl sites for hydroxylation is 2. The number of ether oxygens (including phenoxy) is 1. The van der Waals surface area contributed by atoms with E-state index in [-0.39, 0.29) is 5.75 Å². The van der Waals surface area contributed by atoms with Gasteiger partial charge in [0.2, 0.25) is 0 Å². The van der Waals surface area contributed by atoms with Crippen molar-refractivity contribution in [3.8, 4) is 17.0 Å². The Balaban J connectivity index is 1.94. The second-order valence-electron chi connectivity index (χ2n) is 4.43. The van der Waals surface area contributed by atoms with Crippen LogP contribution in [0.15, 0.2) is 30.5 Å². The molecule has 0 N–H and O–H groups in total. The fourth-order valence-corrected chi connectivity index (χ4v) is 2.95. The SMILES string of the molecule is Cc1sc2nc(-c3ccc(OC(F)F)cc3)cn2c1C. The predicted octanol–water partition coefficient (Wildman–Crippen LogP) is 4.28. The molecule has 0 spiro atoms. The number of hydrogen-bond donors (Lipinski definition) is 0. The molecule has 0 fully saturated rings. The van der Waals surface area contributed by atoms with Crippen LogP contribution in [-0.2, 0) is 0 Å². The Morgan fingerprint density at radius 2 is 1.90 bits per heavy atom. The van der Waals surface area contributed by atoms with Gasteiger partial charge in [0.25, 0.3) is 0 Å². The van der Waals surface area contributed by atoms with Crippen molar-refractivity contribution >= 4 is 16.3 Å². The Bertz CT molecular complexity index is 746. The maximum absolute atomic E-state index is 12.1. The van der Waals surface area contributed by atoms with Crippen LogP contribution in [0.25, 0.3) is 16.2 Å². The molecule has 3 nitrogen and oxygen atoms in total. The van der Waals surface area contributed by atoms with Gasteiger partial charge in [-0.2, -0.15) is 8.78 Å². The molecule has 0 amide bonds. The van der Waals surface area contributed by atoms with Gasteiger partial charge < -0.3 is 4.74 Å². The molecule has 0 radical (unpaired) electrons. The normalized spacial score (nSPS) is 11.4. The molecule has 0 aliphatic rings. The van der Waals surface area contributed by atoms with Gasteiger partial charge in [-0.1, -0.05) is 0 Å². The second-order valence-corrected chi connectivity index (χ2v) is 5.61. The molecule has 3 aromatic rings. The molecule has 2 aromatic heterocycles. The Morgan fingerprint density at radius 1 is 1.20 bits per heavy atom. The van der Waals surface area contributed by atoms with Crippen LogP contribution >= 0.6 is 11.3 Å². The van der Waals surface area contributed by atoms with E-state index in [0.717, 1.165) is 16.2 Å². The summed E-state index contributed by atoms with van der Waals surface area (Å²) < 4.78 is 30.5. The van der Waals surface area contributed by atoms with Crippen molar-refractivity contribution in [2.45, 2.75) is 20.5 Å². The average Bonchev–Trinajstić information content (AvgIpc) is 2.91. The van der Waals surface area contributed by atoms with Crippen molar-refractivity contribution in [1.29, 1.82) is 0 Å². The lowest BCUT2D eigenvalue weighted by Gasteiger charge is -2.04. The number of aromatic nitrogens is 2. The molecule has 0 aliphatic heterocycles. The highest BCUT2D eigenvalue weighted by Crippen LogP contribution is 2.27. The van der Waals surface area contributed by atoms with Crippen LogP contribution < -0.4 is 4.74 Å². The first kappa shape index (κ1) is 13.1. The van der Waals surface area contributed by atoms with E-state index < -0.39 is 6.61 Å². The summed E-state index contributed by atoms with van der Waals surface area (Å²) in [7, 11) is 0. The van der Waals surface area contributed by atoms with Crippen molar-refractivity contribution in [1.82, 2.24) is 9.38 Å². The van der Waals surface area contributed by atoms with Gasteiger partial charge in [-0.25, -0.2) is 4.98 Å². The highest BCUT2D eigenvalue weighted by atomic mass is 32.1. The van der Waals surface area contributed by atoms with E-state index in [9.17, 15) is 8.78 Å². The summed E-state index contributed by atoms with van der Waals surface area (Å²) in [5, 5.41) is 0. The van der Waals surface area contributed by atoms with Gasteiger partial charge in [0.1, 0.15) is 5.75 Å². The molecule has 2 heterocycles. The number of rotatable bonds is 3. The molecular formula is C14H12F2N2OS. The Labute approximate surface area is 118 Å². The maximum Gasteiger partial charge on any atom is 0.387 e. The lowest BCUT2D eigenvalue weighted by atomic mass is 10.2. The maximum atomic E-state index is 12.1. The summed E-state index contributed by atoms with van der Waals surface area (Å²) in [6, 6.07) is 6.50. The third-order valence-electron chi connectivity index (χ3n) is 3.16. The first-order valence-corrected chi connectivity index (χ1v) is 6.86. The fraction of sp³-hybridized carbons (Fsp3) is 0.214. The molecule has 3 rings (SSSR count). The average molecular weight is 294 g/mol. The fourth-order valence-electron chi connectivity index (χ4n) is 2.00.